The maximum atomic E-state index is 13.2. The zero-order chi connectivity index (χ0) is 22.7. The normalized spacial score (nSPS) is 21.1. The minimum absolute atomic E-state index is 0.186. The fourth-order valence-corrected chi connectivity index (χ4v) is 5.45. The average molecular weight is 430 g/mol. The summed E-state index contributed by atoms with van der Waals surface area (Å²) in [5.41, 5.74) is 0.745. The van der Waals surface area contributed by atoms with E-state index < -0.39 is 23.8 Å². The van der Waals surface area contributed by atoms with Gasteiger partial charge in [-0.3, -0.25) is 18.6 Å². The van der Waals surface area contributed by atoms with Crippen molar-refractivity contribution in [1.29, 1.82) is 0 Å². The van der Waals surface area contributed by atoms with Crippen molar-refractivity contribution < 1.29 is 9.53 Å². The summed E-state index contributed by atoms with van der Waals surface area (Å²) >= 11 is 0. The monoisotopic (exact) mass is 429 g/mol. The van der Waals surface area contributed by atoms with Gasteiger partial charge in [0, 0.05) is 25.0 Å². The molecule has 3 aromatic rings. The number of carbonyl (C=O) groups is 1. The number of hydrogen-bond donors (Lipinski definition) is 0. The van der Waals surface area contributed by atoms with Crippen molar-refractivity contribution in [3.63, 3.8) is 0 Å². The van der Waals surface area contributed by atoms with E-state index in [1.807, 2.05) is 13.1 Å². The molecule has 9 heteroatoms. The molecule has 1 aliphatic rings. The predicted molar refractivity (Wildman–Crippen MR) is 117 cm³/mol. The zero-order valence-corrected chi connectivity index (χ0v) is 19.1. The van der Waals surface area contributed by atoms with Crippen LogP contribution in [-0.4, -0.2) is 35.7 Å². The first-order valence-corrected chi connectivity index (χ1v) is 10.9. The summed E-state index contributed by atoms with van der Waals surface area (Å²) in [6.45, 7) is 10.3. The number of carbonyl (C=O) groups excluding carboxylic acids is 1. The van der Waals surface area contributed by atoms with Crippen LogP contribution in [0.15, 0.2) is 15.8 Å². The van der Waals surface area contributed by atoms with Gasteiger partial charge >= 0.3 is 11.7 Å². The molecule has 0 saturated heterocycles. The van der Waals surface area contributed by atoms with Crippen molar-refractivity contribution in [2.45, 2.75) is 66.5 Å². The van der Waals surface area contributed by atoms with Crippen molar-refractivity contribution in [2.24, 2.45) is 18.4 Å². The Labute approximate surface area is 180 Å². The van der Waals surface area contributed by atoms with Gasteiger partial charge in [0.2, 0.25) is 5.78 Å². The van der Waals surface area contributed by atoms with Gasteiger partial charge in [0.1, 0.15) is 6.54 Å². The third-order valence-corrected chi connectivity index (χ3v) is 6.39. The van der Waals surface area contributed by atoms with Crippen LogP contribution in [0.3, 0.4) is 0 Å². The summed E-state index contributed by atoms with van der Waals surface area (Å²) in [6.07, 6.45) is 5.16. The molecule has 0 aromatic carbocycles. The van der Waals surface area contributed by atoms with Crippen LogP contribution in [0.5, 0.6) is 0 Å². The first-order valence-electron chi connectivity index (χ1n) is 10.9. The topological polar surface area (TPSA) is 92.5 Å². The standard InChI is InChI=1S/C22H31N5O4/c1-7-31-16(28)12-26-19(29)17-18(24(6)21(26)30)23-20-25(17)11-14(3)27(20)15-8-13(2)9-22(4,5)10-15/h11,13,15H,7-10,12H2,1-6H3/t13-,15-/m0/s1. The Morgan fingerprint density at radius 1 is 1.29 bits per heavy atom. The van der Waals surface area contributed by atoms with E-state index in [2.05, 4.69) is 25.3 Å². The van der Waals surface area contributed by atoms with Gasteiger partial charge in [-0.05, 0) is 44.4 Å². The highest BCUT2D eigenvalue weighted by molar-refractivity contribution is 5.76. The van der Waals surface area contributed by atoms with E-state index in [0.717, 1.165) is 23.1 Å². The fourth-order valence-electron chi connectivity index (χ4n) is 5.45. The molecule has 0 amide bonds. The number of aryl methyl sites for hydroxylation is 2. The molecular weight excluding hydrogens is 398 g/mol. The maximum absolute atomic E-state index is 13.2. The Kier molecular flexibility index (Phi) is 5.10. The van der Waals surface area contributed by atoms with Crippen LogP contribution in [0.4, 0.5) is 0 Å². The molecule has 0 spiro atoms. The molecule has 1 fully saturated rings. The third-order valence-electron chi connectivity index (χ3n) is 6.39. The van der Waals surface area contributed by atoms with Gasteiger partial charge in [-0.25, -0.2) is 9.36 Å². The van der Waals surface area contributed by atoms with Crippen LogP contribution in [0, 0.1) is 18.3 Å². The molecule has 1 saturated carbocycles. The molecule has 168 valence electrons. The quantitative estimate of drug-likeness (QED) is 0.594. The van der Waals surface area contributed by atoms with Crippen LogP contribution >= 0.6 is 0 Å². The molecule has 0 aliphatic heterocycles. The second-order valence-corrected chi connectivity index (χ2v) is 9.70. The molecule has 0 unspecified atom stereocenters. The van der Waals surface area contributed by atoms with E-state index in [-0.39, 0.29) is 18.1 Å². The van der Waals surface area contributed by atoms with Crippen molar-refractivity contribution in [1.82, 2.24) is 23.1 Å². The van der Waals surface area contributed by atoms with Crippen LogP contribution in [0.25, 0.3) is 16.9 Å². The third kappa shape index (κ3) is 3.49. The van der Waals surface area contributed by atoms with Gasteiger partial charge in [0.15, 0.2) is 11.2 Å². The molecule has 3 heterocycles. The van der Waals surface area contributed by atoms with Crippen LogP contribution in [-0.2, 0) is 23.1 Å². The number of rotatable bonds is 4. The number of esters is 1. The predicted octanol–water partition coefficient (Wildman–Crippen LogP) is 2.41. The summed E-state index contributed by atoms with van der Waals surface area (Å²) < 4.78 is 11.2. The van der Waals surface area contributed by atoms with E-state index in [1.54, 1.807) is 18.4 Å². The minimum atomic E-state index is -0.617. The first kappa shape index (κ1) is 21.4. The van der Waals surface area contributed by atoms with Crippen LogP contribution in [0.2, 0.25) is 0 Å². The lowest BCUT2D eigenvalue weighted by atomic mass is 9.70. The van der Waals surface area contributed by atoms with Gasteiger partial charge in [0.25, 0.3) is 5.56 Å². The second-order valence-electron chi connectivity index (χ2n) is 9.70. The SMILES string of the molecule is CCOC(=O)Cn1c(=O)c2c(nc3n([C@H]4C[C@H](C)CC(C)(C)C4)c(C)cn23)n(C)c1=O. The Bertz CT molecular complexity index is 1290. The number of imidazole rings is 2. The van der Waals surface area contributed by atoms with E-state index >= 15 is 0 Å². The summed E-state index contributed by atoms with van der Waals surface area (Å²) in [5, 5.41) is 0. The number of nitrogens with zero attached hydrogens (tertiary/aromatic N) is 5. The Hall–Kier alpha value is -2.84. The molecule has 0 N–H and O–H groups in total. The van der Waals surface area contributed by atoms with Crippen molar-refractivity contribution in [2.75, 3.05) is 6.61 Å². The molecule has 9 nitrogen and oxygen atoms in total. The highest BCUT2D eigenvalue weighted by Gasteiger charge is 2.34. The number of ether oxygens (including phenoxy) is 1. The van der Waals surface area contributed by atoms with Gasteiger partial charge < -0.3 is 9.30 Å². The highest BCUT2D eigenvalue weighted by atomic mass is 16.5. The molecule has 0 radical (unpaired) electrons. The van der Waals surface area contributed by atoms with Crippen molar-refractivity contribution >= 4 is 22.9 Å². The van der Waals surface area contributed by atoms with E-state index in [0.29, 0.717) is 22.9 Å². The fraction of sp³-hybridized carbons (Fsp3) is 0.636. The Morgan fingerprint density at radius 3 is 2.65 bits per heavy atom. The van der Waals surface area contributed by atoms with Crippen LogP contribution in [0.1, 0.15) is 58.7 Å². The summed E-state index contributed by atoms with van der Waals surface area (Å²) in [4.78, 5) is 42.7. The van der Waals surface area contributed by atoms with E-state index in [9.17, 15) is 14.4 Å². The lowest BCUT2D eigenvalue weighted by Gasteiger charge is -2.39. The smallest absolute Gasteiger partial charge is 0.333 e. The molecule has 31 heavy (non-hydrogen) atoms. The van der Waals surface area contributed by atoms with Gasteiger partial charge in [-0.15, -0.1) is 0 Å². The van der Waals surface area contributed by atoms with Crippen molar-refractivity contribution in [3.8, 4) is 0 Å². The highest BCUT2D eigenvalue weighted by Crippen LogP contribution is 2.44. The van der Waals surface area contributed by atoms with E-state index in [4.69, 9.17) is 9.72 Å². The number of fused-ring (bicyclic) bond motifs is 3. The number of aromatic nitrogens is 5. The van der Waals surface area contributed by atoms with Crippen molar-refractivity contribution in [3.05, 3.63) is 32.7 Å². The zero-order valence-electron chi connectivity index (χ0n) is 19.1. The Morgan fingerprint density at radius 2 is 2.00 bits per heavy atom. The van der Waals surface area contributed by atoms with Gasteiger partial charge in [0.05, 0.1) is 6.61 Å². The summed E-state index contributed by atoms with van der Waals surface area (Å²) in [7, 11) is 1.57. The number of hydrogen-bond acceptors (Lipinski definition) is 5. The molecule has 1 aliphatic carbocycles. The molecule has 0 bridgehead atoms. The molecule has 3 aromatic heterocycles. The average Bonchev–Trinajstić information content (AvgIpc) is 3.16. The summed E-state index contributed by atoms with van der Waals surface area (Å²) in [5.74, 6) is 0.628. The summed E-state index contributed by atoms with van der Waals surface area (Å²) in [6, 6.07) is 0.270. The minimum Gasteiger partial charge on any atom is -0.465 e. The molecular formula is C22H31N5O4. The molecule has 4 rings (SSSR count). The largest absolute Gasteiger partial charge is 0.465 e. The first-order chi connectivity index (χ1) is 14.5. The Balaban J connectivity index is 1.93. The van der Waals surface area contributed by atoms with Crippen LogP contribution < -0.4 is 11.2 Å². The van der Waals surface area contributed by atoms with Gasteiger partial charge in [-0.2, -0.15) is 4.98 Å². The second kappa shape index (κ2) is 7.39. The maximum Gasteiger partial charge on any atom is 0.333 e. The van der Waals surface area contributed by atoms with Gasteiger partial charge in [-0.1, -0.05) is 20.8 Å². The van der Waals surface area contributed by atoms with E-state index in [1.165, 1.54) is 11.0 Å². The lowest BCUT2D eigenvalue weighted by molar-refractivity contribution is -0.143. The molecule has 2 atom stereocenters. The lowest BCUT2D eigenvalue weighted by Crippen LogP contribution is -2.41.